The van der Waals surface area contributed by atoms with Gasteiger partial charge in [-0.15, -0.1) is 0 Å². The van der Waals surface area contributed by atoms with Crippen molar-refractivity contribution in [1.29, 1.82) is 5.26 Å². The average molecular weight is 150 g/mol. The quantitative estimate of drug-likeness (QED) is 0.567. The minimum Gasteiger partial charge on any atom is -0.437 e. The summed E-state index contributed by atoms with van der Waals surface area (Å²) in [6.07, 6.45) is 1.53. The Morgan fingerprint density at radius 1 is 1.55 bits per heavy atom. The number of nitrogens with zero attached hydrogens (tertiary/aromatic N) is 2. The molecule has 3 nitrogen and oxygen atoms in total. The van der Waals surface area contributed by atoms with Gasteiger partial charge in [-0.1, -0.05) is 20.8 Å². The van der Waals surface area contributed by atoms with E-state index >= 15 is 0 Å². The number of hydrogen-bond donors (Lipinski definition) is 0. The molecule has 0 spiro atoms. The zero-order valence-corrected chi connectivity index (χ0v) is 6.88. The van der Waals surface area contributed by atoms with E-state index in [1.54, 1.807) is 0 Å². The molecule has 0 bridgehead atoms. The average Bonchev–Trinajstić information content (AvgIpc) is 2.32. The van der Waals surface area contributed by atoms with Crippen LogP contribution in [-0.4, -0.2) is 4.98 Å². The van der Waals surface area contributed by atoms with Crippen LogP contribution in [0.1, 0.15) is 32.4 Å². The van der Waals surface area contributed by atoms with Crippen LogP contribution >= 0.6 is 0 Å². The van der Waals surface area contributed by atoms with Crippen LogP contribution in [0, 0.1) is 11.3 Å². The summed E-state index contributed by atoms with van der Waals surface area (Å²) < 4.78 is 4.87. The SMILES string of the molecule is CC(C)(C)c1coc(C#N)n1. The summed E-state index contributed by atoms with van der Waals surface area (Å²) in [6.45, 7) is 6.06. The molecule has 0 N–H and O–H groups in total. The summed E-state index contributed by atoms with van der Waals surface area (Å²) in [5, 5.41) is 8.41. The van der Waals surface area contributed by atoms with Crippen molar-refractivity contribution in [3.05, 3.63) is 17.8 Å². The monoisotopic (exact) mass is 150 g/mol. The molecule has 0 radical (unpaired) electrons. The van der Waals surface area contributed by atoms with Gasteiger partial charge >= 0.3 is 5.89 Å². The molecule has 3 heteroatoms. The van der Waals surface area contributed by atoms with Gasteiger partial charge in [0.15, 0.2) is 6.07 Å². The zero-order chi connectivity index (χ0) is 8.48. The number of aromatic nitrogens is 1. The first-order valence-electron chi connectivity index (χ1n) is 3.40. The maximum atomic E-state index is 8.41. The summed E-state index contributed by atoms with van der Waals surface area (Å²) in [7, 11) is 0. The molecule has 0 aliphatic carbocycles. The molecular weight excluding hydrogens is 140 g/mol. The Bertz CT molecular complexity index is 288. The zero-order valence-electron chi connectivity index (χ0n) is 6.88. The van der Waals surface area contributed by atoms with Crippen LogP contribution in [0.4, 0.5) is 0 Å². The van der Waals surface area contributed by atoms with E-state index in [4.69, 9.17) is 9.68 Å². The van der Waals surface area contributed by atoms with Gasteiger partial charge in [0, 0.05) is 5.41 Å². The second-order valence-corrected chi connectivity index (χ2v) is 3.40. The van der Waals surface area contributed by atoms with Crippen molar-refractivity contribution in [2.75, 3.05) is 0 Å². The maximum Gasteiger partial charge on any atom is 0.300 e. The molecule has 0 saturated carbocycles. The second kappa shape index (κ2) is 2.39. The molecule has 1 rings (SSSR count). The molecule has 0 unspecified atom stereocenters. The van der Waals surface area contributed by atoms with Crippen molar-refractivity contribution in [3.63, 3.8) is 0 Å². The highest BCUT2D eigenvalue weighted by Gasteiger charge is 2.18. The number of nitriles is 1. The maximum absolute atomic E-state index is 8.41. The lowest BCUT2D eigenvalue weighted by atomic mass is 9.93. The summed E-state index contributed by atoms with van der Waals surface area (Å²) in [5.74, 6) is 0.134. The van der Waals surface area contributed by atoms with E-state index in [2.05, 4.69) is 4.98 Å². The van der Waals surface area contributed by atoms with Gasteiger partial charge in [-0.2, -0.15) is 5.26 Å². The van der Waals surface area contributed by atoms with Crippen molar-refractivity contribution in [1.82, 2.24) is 4.98 Å². The molecule has 58 valence electrons. The van der Waals surface area contributed by atoms with Crippen LogP contribution in [0.15, 0.2) is 10.7 Å². The van der Waals surface area contributed by atoms with Crippen molar-refractivity contribution in [2.45, 2.75) is 26.2 Å². The lowest BCUT2D eigenvalue weighted by Crippen LogP contribution is -2.11. The van der Waals surface area contributed by atoms with E-state index in [0.717, 1.165) is 5.69 Å². The highest BCUT2D eigenvalue weighted by molar-refractivity contribution is 5.14. The molecule has 1 aromatic rings. The highest BCUT2D eigenvalue weighted by Crippen LogP contribution is 2.20. The largest absolute Gasteiger partial charge is 0.437 e. The van der Waals surface area contributed by atoms with E-state index < -0.39 is 0 Å². The van der Waals surface area contributed by atoms with Gasteiger partial charge < -0.3 is 4.42 Å². The van der Waals surface area contributed by atoms with Crippen LogP contribution < -0.4 is 0 Å². The third-order valence-corrected chi connectivity index (χ3v) is 1.37. The molecule has 0 aliphatic heterocycles. The van der Waals surface area contributed by atoms with Crippen molar-refractivity contribution >= 4 is 0 Å². The summed E-state index contributed by atoms with van der Waals surface area (Å²) in [5.41, 5.74) is 0.771. The first kappa shape index (κ1) is 7.80. The fourth-order valence-electron chi connectivity index (χ4n) is 0.670. The topological polar surface area (TPSA) is 49.8 Å². The first-order valence-corrected chi connectivity index (χ1v) is 3.40. The van der Waals surface area contributed by atoms with Crippen LogP contribution in [0.2, 0.25) is 0 Å². The van der Waals surface area contributed by atoms with Crippen LogP contribution in [0.5, 0.6) is 0 Å². The molecule has 1 aromatic heterocycles. The van der Waals surface area contributed by atoms with Gasteiger partial charge in [0.05, 0.1) is 5.69 Å². The molecule has 0 amide bonds. The van der Waals surface area contributed by atoms with Crippen molar-refractivity contribution in [2.24, 2.45) is 0 Å². The Hall–Kier alpha value is -1.30. The first-order chi connectivity index (χ1) is 5.04. The fraction of sp³-hybridized carbons (Fsp3) is 0.500. The van der Waals surface area contributed by atoms with E-state index in [9.17, 15) is 0 Å². The summed E-state index contributed by atoms with van der Waals surface area (Å²) >= 11 is 0. The van der Waals surface area contributed by atoms with Crippen molar-refractivity contribution < 1.29 is 4.42 Å². The normalized spacial score (nSPS) is 11.1. The van der Waals surface area contributed by atoms with Gasteiger partial charge in [0.1, 0.15) is 6.26 Å². The number of hydrogen-bond acceptors (Lipinski definition) is 3. The molecule has 1 heterocycles. The predicted molar refractivity (Wildman–Crippen MR) is 39.9 cm³/mol. The minimum atomic E-state index is -0.0431. The highest BCUT2D eigenvalue weighted by atomic mass is 16.3. The van der Waals surface area contributed by atoms with Gasteiger partial charge in [0.2, 0.25) is 0 Å². The van der Waals surface area contributed by atoms with E-state index in [-0.39, 0.29) is 11.3 Å². The predicted octanol–water partition coefficient (Wildman–Crippen LogP) is 1.84. The van der Waals surface area contributed by atoms with Crippen molar-refractivity contribution in [3.8, 4) is 6.07 Å². The molecule has 0 saturated heterocycles. The number of rotatable bonds is 0. The Kier molecular flexibility index (Phi) is 1.69. The smallest absolute Gasteiger partial charge is 0.300 e. The molecular formula is C8H10N2O. The summed E-state index contributed by atoms with van der Waals surface area (Å²) in [4.78, 5) is 3.97. The summed E-state index contributed by atoms with van der Waals surface area (Å²) in [6, 6.07) is 1.84. The Morgan fingerprint density at radius 2 is 2.18 bits per heavy atom. The molecule has 0 atom stereocenters. The standard InChI is InChI=1S/C8H10N2O/c1-8(2,3)6-5-11-7(4-9)10-6/h5H,1-3H3. The van der Waals surface area contributed by atoms with Gasteiger partial charge in [-0.05, 0) is 0 Å². The third-order valence-electron chi connectivity index (χ3n) is 1.37. The Morgan fingerprint density at radius 3 is 2.45 bits per heavy atom. The van der Waals surface area contributed by atoms with Crippen LogP contribution in [-0.2, 0) is 5.41 Å². The minimum absolute atomic E-state index is 0.0431. The molecule has 0 aromatic carbocycles. The third kappa shape index (κ3) is 1.58. The Balaban J connectivity index is 3.01. The van der Waals surface area contributed by atoms with Gasteiger partial charge in [0.25, 0.3) is 0 Å². The fourth-order valence-corrected chi connectivity index (χ4v) is 0.670. The van der Waals surface area contributed by atoms with Crippen LogP contribution in [0.3, 0.4) is 0 Å². The number of oxazole rings is 1. The van der Waals surface area contributed by atoms with E-state index in [1.807, 2.05) is 26.8 Å². The lowest BCUT2D eigenvalue weighted by molar-refractivity contribution is 0.528. The second-order valence-electron chi connectivity index (χ2n) is 3.40. The van der Waals surface area contributed by atoms with Crippen LogP contribution in [0.25, 0.3) is 0 Å². The molecule has 11 heavy (non-hydrogen) atoms. The van der Waals surface area contributed by atoms with E-state index in [1.165, 1.54) is 6.26 Å². The Labute approximate surface area is 65.7 Å². The van der Waals surface area contributed by atoms with E-state index in [0.29, 0.717) is 0 Å². The lowest BCUT2D eigenvalue weighted by Gasteiger charge is -2.12. The molecule has 0 fully saturated rings. The molecule has 0 aliphatic rings. The van der Waals surface area contributed by atoms with Gasteiger partial charge in [-0.25, -0.2) is 4.98 Å². The van der Waals surface area contributed by atoms with Gasteiger partial charge in [-0.3, -0.25) is 0 Å².